The van der Waals surface area contributed by atoms with Gasteiger partial charge in [0.2, 0.25) is 0 Å². The lowest BCUT2D eigenvalue weighted by Gasteiger charge is -2.08. The number of nitrogens with one attached hydrogen (secondary N) is 1. The zero-order valence-electron chi connectivity index (χ0n) is 11.0. The van der Waals surface area contributed by atoms with Crippen LogP contribution < -0.4 is 5.32 Å². The van der Waals surface area contributed by atoms with Crippen LogP contribution in [0.5, 0.6) is 0 Å². The van der Waals surface area contributed by atoms with Gasteiger partial charge in [0.05, 0.1) is 12.3 Å². The van der Waals surface area contributed by atoms with Crippen molar-refractivity contribution in [3.8, 4) is 0 Å². The lowest BCUT2D eigenvalue weighted by molar-refractivity contribution is 0.0765. The standard InChI is InChI=1S/C13H20N4O/c1-11(2)18-10-4-3-7-14-12-6-9-17-13(16-12)5-8-15-17/h5-6,8-9,11H,3-4,7,10H2,1-2H3,(H,14,16). The van der Waals surface area contributed by atoms with Crippen molar-refractivity contribution in [1.29, 1.82) is 0 Å². The predicted octanol–water partition coefficient (Wildman–Crippen LogP) is 2.35. The second-order valence-electron chi connectivity index (χ2n) is 4.50. The number of ether oxygens (including phenoxy) is 1. The van der Waals surface area contributed by atoms with Gasteiger partial charge in [-0.25, -0.2) is 9.50 Å². The number of fused-ring (bicyclic) bond motifs is 1. The van der Waals surface area contributed by atoms with Gasteiger partial charge in [0.25, 0.3) is 0 Å². The van der Waals surface area contributed by atoms with E-state index in [-0.39, 0.29) is 0 Å². The molecule has 0 aliphatic rings. The molecule has 0 atom stereocenters. The normalized spacial score (nSPS) is 11.3. The van der Waals surface area contributed by atoms with E-state index in [2.05, 4.69) is 29.2 Å². The fourth-order valence-electron chi connectivity index (χ4n) is 1.67. The molecule has 0 radical (unpaired) electrons. The van der Waals surface area contributed by atoms with E-state index < -0.39 is 0 Å². The molecule has 2 heterocycles. The van der Waals surface area contributed by atoms with E-state index in [1.807, 2.05) is 18.3 Å². The molecule has 2 aromatic heterocycles. The lowest BCUT2D eigenvalue weighted by atomic mass is 10.3. The second kappa shape index (κ2) is 6.35. The number of nitrogens with zero attached hydrogens (tertiary/aromatic N) is 3. The molecule has 0 unspecified atom stereocenters. The number of unbranched alkanes of at least 4 members (excludes halogenated alkanes) is 1. The van der Waals surface area contributed by atoms with Crippen molar-refractivity contribution in [1.82, 2.24) is 14.6 Å². The fraction of sp³-hybridized carbons (Fsp3) is 0.538. The molecule has 0 aromatic carbocycles. The van der Waals surface area contributed by atoms with Crippen molar-refractivity contribution >= 4 is 11.5 Å². The van der Waals surface area contributed by atoms with Gasteiger partial charge in [-0.15, -0.1) is 0 Å². The summed E-state index contributed by atoms with van der Waals surface area (Å²) in [7, 11) is 0. The Balaban J connectivity index is 1.70. The maximum atomic E-state index is 5.49. The first-order valence-corrected chi connectivity index (χ1v) is 6.41. The third kappa shape index (κ3) is 3.70. The topological polar surface area (TPSA) is 51.5 Å². The van der Waals surface area contributed by atoms with Gasteiger partial charge in [0.15, 0.2) is 5.65 Å². The van der Waals surface area contributed by atoms with Crippen LogP contribution in [-0.4, -0.2) is 33.9 Å². The molecule has 0 saturated carbocycles. The number of rotatable bonds is 7. The van der Waals surface area contributed by atoms with Crippen molar-refractivity contribution in [2.75, 3.05) is 18.5 Å². The molecule has 0 amide bonds. The minimum absolute atomic E-state index is 0.323. The highest BCUT2D eigenvalue weighted by molar-refractivity contribution is 5.45. The third-order valence-corrected chi connectivity index (χ3v) is 2.59. The molecular weight excluding hydrogens is 228 g/mol. The highest BCUT2D eigenvalue weighted by Gasteiger charge is 1.98. The van der Waals surface area contributed by atoms with E-state index >= 15 is 0 Å². The maximum absolute atomic E-state index is 5.49. The summed E-state index contributed by atoms with van der Waals surface area (Å²) in [5.41, 5.74) is 0.864. The highest BCUT2D eigenvalue weighted by atomic mass is 16.5. The quantitative estimate of drug-likeness (QED) is 0.764. The van der Waals surface area contributed by atoms with Crippen LogP contribution in [0.3, 0.4) is 0 Å². The van der Waals surface area contributed by atoms with Crippen LogP contribution in [0, 0.1) is 0 Å². The molecule has 18 heavy (non-hydrogen) atoms. The van der Waals surface area contributed by atoms with E-state index in [9.17, 15) is 0 Å². The van der Waals surface area contributed by atoms with Crippen molar-refractivity contribution < 1.29 is 4.74 Å². The zero-order valence-corrected chi connectivity index (χ0v) is 11.0. The fourth-order valence-corrected chi connectivity index (χ4v) is 1.67. The van der Waals surface area contributed by atoms with Crippen molar-refractivity contribution in [3.05, 3.63) is 24.5 Å². The lowest BCUT2D eigenvalue weighted by Crippen LogP contribution is -2.08. The molecule has 5 heteroatoms. The summed E-state index contributed by atoms with van der Waals surface area (Å²) in [6, 6.07) is 3.83. The van der Waals surface area contributed by atoms with Crippen LogP contribution in [0.4, 0.5) is 5.82 Å². The Morgan fingerprint density at radius 3 is 3.06 bits per heavy atom. The molecule has 2 rings (SSSR count). The largest absolute Gasteiger partial charge is 0.379 e. The molecule has 1 N–H and O–H groups in total. The Bertz CT molecular complexity index is 481. The molecule has 0 aliphatic heterocycles. The molecule has 0 aliphatic carbocycles. The maximum Gasteiger partial charge on any atom is 0.157 e. The van der Waals surface area contributed by atoms with E-state index in [1.165, 1.54) is 0 Å². The first kappa shape index (κ1) is 12.8. The van der Waals surface area contributed by atoms with Crippen molar-refractivity contribution in [3.63, 3.8) is 0 Å². The summed E-state index contributed by atoms with van der Waals surface area (Å²) in [6.45, 7) is 5.86. The smallest absolute Gasteiger partial charge is 0.157 e. The van der Waals surface area contributed by atoms with Crippen LogP contribution in [0.1, 0.15) is 26.7 Å². The van der Waals surface area contributed by atoms with Crippen LogP contribution in [-0.2, 0) is 4.74 Å². The summed E-state index contributed by atoms with van der Waals surface area (Å²) in [4.78, 5) is 4.44. The zero-order chi connectivity index (χ0) is 12.8. The first-order chi connectivity index (χ1) is 8.75. The van der Waals surface area contributed by atoms with Gasteiger partial charge in [0, 0.05) is 25.4 Å². The molecule has 0 bridgehead atoms. The summed E-state index contributed by atoms with van der Waals surface area (Å²) in [5.74, 6) is 0.896. The molecule has 0 fully saturated rings. The van der Waals surface area contributed by atoms with Crippen LogP contribution in [0.15, 0.2) is 24.5 Å². The summed E-state index contributed by atoms with van der Waals surface area (Å²) >= 11 is 0. The van der Waals surface area contributed by atoms with Crippen LogP contribution in [0.25, 0.3) is 5.65 Å². The average molecular weight is 248 g/mol. The van der Waals surface area contributed by atoms with Gasteiger partial charge < -0.3 is 10.1 Å². The van der Waals surface area contributed by atoms with Crippen LogP contribution in [0.2, 0.25) is 0 Å². The van der Waals surface area contributed by atoms with Gasteiger partial charge in [-0.3, -0.25) is 0 Å². The van der Waals surface area contributed by atoms with Gasteiger partial charge in [0.1, 0.15) is 5.82 Å². The van der Waals surface area contributed by atoms with E-state index in [4.69, 9.17) is 4.74 Å². The number of aromatic nitrogens is 3. The molecule has 98 valence electrons. The minimum Gasteiger partial charge on any atom is -0.379 e. The van der Waals surface area contributed by atoms with E-state index in [0.29, 0.717) is 6.10 Å². The summed E-state index contributed by atoms with van der Waals surface area (Å²) < 4.78 is 7.24. The Kier molecular flexibility index (Phi) is 4.52. The Hall–Kier alpha value is -1.62. The third-order valence-electron chi connectivity index (χ3n) is 2.59. The Morgan fingerprint density at radius 2 is 2.22 bits per heavy atom. The van der Waals surface area contributed by atoms with Gasteiger partial charge in [-0.2, -0.15) is 5.10 Å². The van der Waals surface area contributed by atoms with Crippen molar-refractivity contribution in [2.24, 2.45) is 0 Å². The van der Waals surface area contributed by atoms with Gasteiger partial charge in [-0.05, 0) is 32.8 Å². The SMILES string of the molecule is CC(C)OCCCCNc1ccn2nccc2n1. The van der Waals surface area contributed by atoms with E-state index in [1.54, 1.807) is 10.7 Å². The summed E-state index contributed by atoms with van der Waals surface area (Å²) in [6.07, 6.45) is 6.13. The van der Waals surface area contributed by atoms with E-state index in [0.717, 1.165) is 37.5 Å². The predicted molar refractivity (Wildman–Crippen MR) is 71.8 cm³/mol. The number of hydrogen-bond donors (Lipinski definition) is 1. The Labute approximate surface area is 107 Å². The summed E-state index contributed by atoms with van der Waals surface area (Å²) in [5, 5.41) is 7.41. The van der Waals surface area contributed by atoms with Crippen molar-refractivity contribution in [2.45, 2.75) is 32.8 Å². The Morgan fingerprint density at radius 1 is 1.33 bits per heavy atom. The number of anilines is 1. The first-order valence-electron chi connectivity index (χ1n) is 6.41. The highest BCUT2D eigenvalue weighted by Crippen LogP contribution is 2.06. The average Bonchev–Trinajstić information content (AvgIpc) is 2.80. The number of hydrogen-bond acceptors (Lipinski definition) is 4. The molecule has 0 saturated heterocycles. The molecule has 0 spiro atoms. The van der Waals surface area contributed by atoms with Gasteiger partial charge in [-0.1, -0.05) is 0 Å². The van der Waals surface area contributed by atoms with Gasteiger partial charge >= 0.3 is 0 Å². The monoisotopic (exact) mass is 248 g/mol. The molecular formula is C13H20N4O. The van der Waals surface area contributed by atoms with Crippen LogP contribution >= 0.6 is 0 Å². The second-order valence-corrected chi connectivity index (χ2v) is 4.50. The molecule has 2 aromatic rings. The minimum atomic E-state index is 0.323. The molecule has 5 nitrogen and oxygen atoms in total.